The highest BCUT2D eigenvalue weighted by molar-refractivity contribution is 5.83. The molecule has 2 aromatic carbocycles. The lowest BCUT2D eigenvalue weighted by molar-refractivity contribution is -0.127. The molecule has 0 radical (unpaired) electrons. The van der Waals surface area contributed by atoms with Crippen LogP contribution in [-0.2, 0) is 11.3 Å². The third-order valence-electron chi connectivity index (χ3n) is 4.10. The Bertz CT molecular complexity index is 745. The number of para-hydroxylation sites is 3. The molecule has 1 aliphatic rings. The first-order chi connectivity index (χ1) is 12.1. The zero-order chi connectivity index (χ0) is 17.8. The second-order valence-corrected chi connectivity index (χ2v) is 6.34. The van der Waals surface area contributed by atoms with Crippen LogP contribution in [0.2, 0.25) is 0 Å². The summed E-state index contributed by atoms with van der Waals surface area (Å²) in [5.41, 5.74) is 2.07. The minimum atomic E-state index is -0.530. The minimum absolute atomic E-state index is 0.108. The second kappa shape index (κ2) is 7.47. The monoisotopic (exact) mass is 340 g/mol. The molecule has 0 aromatic heterocycles. The average Bonchev–Trinajstić information content (AvgIpc) is 2.62. The molecule has 2 aromatic rings. The van der Waals surface area contributed by atoms with Crippen LogP contribution >= 0.6 is 0 Å². The Morgan fingerprint density at radius 1 is 1.24 bits per heavy atom. The van der Waals surface area contributed by atoms with E-state index in [2.05, 4.69) is 16.3 Å². The molecule has 0 spiro atoms. The van der Waals surface area contributed by atoms with Gasteiger partial charge in [-0.25, -0.2) is 0 Å². The molecule has 1 heterocycles. The fourth-order valence-electron chi connectivity index (χ4n) is 2.96. The van der Waals surface area contributed by atoms with Crippen molar-refractivity contribution in [1.82, 2.24) is 5.32 Å². The molecule has 0 bridgehead atoms. The maximum Gasteiger partial charge on any atom is 0.262 e. The van der Waals surface area contributed by atoms with Crippen molar-refractivity contribution in [2.45, 2.75) is 32.6 Å². The van der Waals surface area contributed by atoms with Crippen LogP contribution < -0.4 is 19.7 Å². The van der Waals surface area contributed by atoms with Crippen LogP contribution in [-0.4, -0.2) is 31.7 Å². The number of hydrogen-bond donors (Lipinski definition) is 1. The summed E-state index contributed by atoms with van der Waals surface area (Å²) < 4.78 is 11.8. The third-order valence-corrected chi connectivity index (χ3v) is 4.10. The van der Waals surface area contributed by atoms with Crippen molar-refractivity contribution < 1.29 is 14.3 Å². The number of likely N-dealkylation sites (N-methyl/N-ethyl adjacent to an activating group) is 1. The highest BCUT2D eigenvalue weighted by Gasteiger charge is 2.30. The van der Waals surface area contributed by atoms with Crippen LogP contribution in [0.4, 0.5) is 5.69 Å². The van der Waals surface area contributed by atoms with Gasteiger partial charge < -0.3 is 19.7 Å². The second-order valence-electron chi connectivity index (χ2n) is 6.34. The Kier molecular flexibility index (Phi) is 5.12. The van der Waals surface area contributed by atoms with E-state index in [0.717, 1.165) is 22.7 Å². The van der Waals surface area contributed by atoms with E-state index in [0.29, 0.717) is 13.1 Å². The predicted molar refractivity (Wildman–Crippen MR) is 98.2 cm³/mol. The Labute approximate surface area is 148 Å². The SMILES string of the molecule is CNC(=O)C1CN(Cc2ccccc2OC(C)C)c2ccccc2O1. The van der Waals surface area contributed by atoms with Crippen LogP contribution in [0.15, 0.2) is 48.5 Å². The van der Waals surface area contributed by atoms with Gasteiger partial charge in [-0.2, -0.15) is 0 Å². The first-order valence-corrected chi connectivity index (χ1v) is 8.55. The number of hydrogen-bond acceptors (Lipinski definition) is 4. The standard InChI is InChI=1S/C20H24N2O3/c1-14(2)24-17-10-6-4-8-15(17)12-22-13-19(20(23)21-3)25-18-11-7-5-9-16(18)22/h4-11,14,19H,12-13H2,1-3H3,(H,21,23). The van der Waals surface area contributed by atoms with Gasteiger partial charge in [-0.05, 0) is 32.0 Å². The average molecular weight is 340 g/mol. The highest BCUT2D eigenvalue weighted by atomic mass is 16.5. The number of anilines is 1. The lowest BCUT2D eigenvalue weighted by atomic mass is 10.1. The molecule has 5 nitrogen and oxygen atoms in total. The number of fused-ring (bicyclic) bond motifs is 1. The topological polar surface area (TPSA) is 50.8 Å². The van der Waals surface area contributed by atoms with E-state index in [1.807, 2.05) is 56.3 Å². The first kappa shape index (κ1) is 17.1. The maximum atomic E-state index is 12.1. The first-order valence-electron chi connectivity index (χ1n) is 8.55. The van der Waals surface area contributed by atoms with Crippen LogP contribution in [0.25, 0.3) is 0 Å². The fourth-order valence-corrected chi connectivity index (χ4v) is 2.96. The number of carbonyl (C=O) groups is 1. The summed E-state index contributed by atoms with van der Waals surface area (Å²) in [6.07, 6.45) is -0.421. The molecule has 0 saturated heterocycles. The summed E-state index contributed by atoms with van der Waals surface area (Å²) in [5.74, 6) is 1.48. The summed E-state index contributed by atoms with van der Waals surface area (Å²) in [5, 5.41) is 2.67. The summed E-state index contributed by atoms with van der Waals surface area (Å²) in [4.78, 5) is 14.3. The van der Waals surface area contributed by atoms with Crippen molar-refractivity contribution in [3.8, 4) is 11.5 Å². The van der Waals surface area contributed by atoms with Gasteiger partial charge in [-0.15, -0.1) is 0 Å². The number of ether oxygens (including phenoxy) is 2. The van der Waals surface area contributed by atoms with Gasteiger partial charge in [0.2, 0.25) is 0 Å². The van der Waals surface area contributed by atoms with Crippen molar-refractivity contribution in [3.05, 3.63) is 54.1 Å². The zero-order valence-electron chi connectivity index (χ0n) is 14.9. The van der Waals surface area contributed by atoms with E-state index in [1.165, 1.54) is 0 Å². The lowest BCUT2D eigenvalue weighted by Gasteiger charge is -2.35. The van der Waals surface area contributed by atoms with Crippen molar-refractivity contribution in [1.29, 1.82) is 0 Å². The van der Waals surface area contributed by atoms with Gasteiger partial charge in [0.15, 0.2) is 6.10 Å². The number of nitrogens with one attached hydrogen (secondary N) is 1. The van der Waals surface area contributed by atoms with Gasteiger partial charge in [0.25, 0.3) is 5.91 Å². The summed E-state index contributed by atoms with van der Waals surface area (Å²) in [7, 11) is 1.63. The van der Waals surface area contributed by atoms with Crippen molar-refractivity contribution in [3.63, 3.8) is 0 Å². The van der Waals surface area contributed by atoms with Crippen LogP contribution in [0.3, 0.4) is 0 Å². The fraction of sp³-hybridized carbons (Fsp3) is 0.350. The summed E-state index contributed by atoms with van der Waals surface area (Å²) in [6, 6.07) is 15.8. The van der Waals surface area contributed by atoms with Gasteiger partial charge in [-0.1, -0.05) is 30.3 Å². The predicted octanol–water partition coefficient (Wildman–Crippen LogP) is 2.99. The molecule has 1 aliphatic heterocycles. The van der Waals surface area contributed by atoms with Crippen LogP contribution in [0, 0.1) is 0 Å². The molecule has 1 N–H and O–H groups in total. The number of benzene rings is 2. The largest absolute Gasteiger partial charge is 0.491 e. The van der Waals surface area contributed by atoms with E-state index < -0.39 is 6.10 Å². The van der Waals surface area contributed by atoms with Crippen molar-refractivity contribution in [2.75, 3.05) is 18.5 Å². The smallest absolute Gasteiger partial charge is 0.262 e. The molecule has 5 heteroatoms. The van der Waals surface area contributed by atoms with Gasteiger partial charge >= 0.3 is 0 Å². The quantitative estimate of drug-likeness (QED) is 0.909. The molecule has 0 fully saturated rings. The molecule has 25 heavy (non-hydrogen) atoms. The molecular formula is C20H24N2O3. The van der Waals surface area contributed by atoms with Crippen molar-refractivity contribution in [2.24, 2.45) is 0 Å². The van der Waals surface area contributed by atoms with Gasteiger partial charge in [0, 0.05) is 19.2 Å². The maximum absolute atomic E-state index is 12.1. The minimum Gasteiger partial charge on any atom is -0.491 e. The number of rotatable bonds is 5. The molecule has 3 rings (SSSR count). The van der Waals surface area contributed by atoms with Gasteiger partial charge in [-0.3, -0.25) is 4.79 Å². The van der Waals surface area contributed by atoms with E-state index in [4.69, 9.17) is 9.47 Å². The van der Waals surface area contributed by atoms with Gasteiger partial charge in [0.1, 0.15) is 11.5 Å². The molecule has 0 aliphatic carbocycles. The Morgan fingerprint density at radius 2 is 1.96 bits per heavy atom. The number of carbonyl (C=O) groups excluding carboxylic acids is 1. The summed E-state index contributed by atoms with van der Waals surface area (Å²) in [6.45, 7) is 5.17. The molecular weight excluding hydrogens is 316 g/mol. The lowest BCUT2D eigenvalue weighted by Crippen LogP contribution is -2.48. The Hall–Kier alpha value is -2.69. The zero-order valence-corrected chi connectivity index (χ0v) is 14.9. The Morgan fingerprint density at radius 3 is 2.72 bits per heavy atom. The molecule has 1 atom stereocenters. The highest BCUT2D eigenvalue weighted by Crippen LogP contribution is 2.35. The molecule has 0 saturated carbocycles. The molecule has 132 valence electrons. The summed E-state index contributed by atoms with van der Waals surface area (Å²) >= 11 is 0. The van der Waals surface area contributed by atoms with E-state index in [-0.39, 0.29) is 12.0 Å². The van der Waals surface area contributed by atoms with E-state index in [9.17, 15) is 4.79 Å². The normalized spacial score (nSPS) is 16.2. The van der Waals surface area contributed by atoms with Gasteiger partial charge in [0.05, 0.1) is 18.3 Å². The Balaban J connectivity index is 1.90. The van der Waals surface area contributed by atoms with Crippen LogP contribution in [0.5, 0.6) is 11.5 Å². The van der Waals surface area contributed by atoms with Crippen molar-refractivity contribution >= 4 is 11.6 Å². The number of nitrogens with zero attached hydrogens (tertiary/aromatic N) is 1. The van der Waals surface area contributed by atoms with E-state index >= 15 is 0 Å². The number of amides is 1. The molecule has 1 amide bonds. The molecule has 1 unspecified atom stereocenters. The van der Waals surface area contributed by atoms with Crippen LogP contribution in [0.1, 0.15) is 19.4 Å². The third kappa shape index (κ3) is 3.87. The van der Waals surface area contributed by atoms with E-state index in [1.54, 1.807) is 7.05 Å².